The highest BCUT2D eigenvalue weighted by Crippen LogP contribution is 2.37. The first-order valence-corrected chi connectivity index (χ1v) is 9.27. The molecule has 0 spiro atoms. The van der Waals surface area contributed by atoms with Crippen LogP contribution in [0.4, 0.5) is 33.3 Å². The summed E-state index contributed by atoms with van der Waals surface area (Å²) in [5, 5.41) is 22.8. The predicted octanol–water partition coefficient (Wildman–Crippen LogP) is 3.39. The molecule has 1 amide bonds. The second-order valence-electron chi connectivity index (χ2n) is 6.28. The largest absolute Gasteiger partial charge is 0.418 e. The summed E-state index contributed by atoms with van der Waals surface area (Å²) in [7, 11) is -2.35. The molecule has 30 heavy (non-hydrogen) atoms. The third kappa shape index (κ3) is 5.36. The number of nitro benzene ring substituents is 1. The monoisotopic (exact) mass is 452 g/mol. The number of aliphatic hydroxyl groups is 1. The second kappa shape index (κ2) is 8.44. The van der Waals surface area contributed by atoms with E-state index in [0.29, 0.717) is 18.2 Å². The molecule has 0 aliphatic carbocycles. The van der Waals surface area contributed by atoms with Gasteiger partial charge >= 0.3 is 6.18 Å². The average molecular weight is 452 g/mol. The summed E-state index contributed by atoms with van der Waals surface area (Å²) in [4.78, 5) is 21.4. The number of non-ortho nitro benzene ring substituents is 1. The highest BCUT2D eigenvalue weighted by Gasteiger charge is 2.38. The summed E-state index contributed by atoms with van der Waals surface area (Å²) in [5.74, 6) is -4.48. The van der Waals surface area contributed by atoms with Crippen LogP contribution >= 0.6 is 0 Å². The molecule has 0 saturated heterocycles. The van der Waals surface area contributed by atoms with Crippen molar-refractivity contribution in [2.24, 2.45) is 0 Å². The molecule has 7 nitrogen and oxygen atoms in total. The Balaban J connectivity index is 2.27. The smallest absolute Gasteiger partial charge is 0.379 e. The number of hydrogen-bond donors (Lipinski definition) is 2. The van der Waals surface area contributed by atoms with E-state index in [0.717, 1.165) is 19.1 Å². The number of carbonyl (C=O) groups is 1. The van der Waals surface area contributed by atoms with Crippen LogP contribution in [0.1, 0.15) is 12.5 Å². The van der Waals surface area contributed by atoms with Crippen molar-refractivity contribution in [3.8, 4) is 0 Å². The average Bonchev–Trinajstić information content (AvgIpc) is 2.60. The van der Waals surface area contributed by atoms with Gasteiger partial charge in [0, 0.05) is 18.2 Å². The lowest BCUT2D eigenvalue weighted by atomic mass is 10.1. The fourth-order valence-electron chi connectivity index (χ4n) is 2.30. The maximum absolute atomic E-state index is 13.7. The van der Waals surface area contributed by atoms with Crippen molar-refractivity contribution in [2.45, 2.75) is 23.6 Å². The number of hydrogen-bond acceptors (Lipinski definition) is 5. The Kier molecular flexibility index (Phi) is 6.57. The number of nitrogens with zero attached hydrogens (tertiary/aromatic N) is 1. The second-order valence-corrected chi connectivity index (χ2v) is 7.70. The Hall–Kier alpha value is -2.93. The highest BCUT2D eigenvalue weighted by molar-refractivity contribution is 7.85. The normalized spacial score (nSPS) is 14.6. The molecule has 0 aliphatic heterocycles. The van der Waals surface area contributed by atoms with E-state index in [1.165, 1.54) is 0 Å². The molecule has 0 aliphatic rings. The van der Waals surface area contributed by atoms with E-state index in [4.69, 9.17) is 0 Å². The van der Waals surface area contributed by atoms with Crippen LogP contribution < -0.4 is 5.32 Å². The molecule has 2 N–H and O–H groups in total. The van der Waals surface area contributed by atoms with E-state index in [1.54, 1.807) is 5.32 Å². The molecule has 162 valence electrons. The molecule has 2 rings (SSSR count). The molecule has 0 fully saturated rings. The van der Waals surface area contributed by atoms with Crippen LogP contribution in [0, 0.1) is 21.7 Å². The molecule has 0 bridgehead atoms. The van der Waals surface area contributed by atoms with Crippen LogP contribution in [-0.2, 0) is 21.8 Å². The Morgan fingerprint density at radius 3 is 2.37 bits per heavy atom. The number of carbonyl (C=O) groups excluding carboxylic acids is 1. The Morgan fingerprint density at radius 1 is 1.20 bits per heavy atom. The molecule has 0 heterocycles. The fourth-order valence-corrected chi connectivity index (χ4v) is 3.60. The minimum absolute atomic E-state index is 0.205. The quantitative estimate of drug-likeness (QED) is 0.397. The van der Waals surface area contributed by atoms with Crippen LogP contribution in [0.3, 0.4) is 0 Å². The zero-order chi connectivity index (χ0) is 22.9. The van der Waals surface area contributed by atoms with Crippen molar-refractivity contribution >= 4 is 28.1 Å². The van der Waals surface area contributed by atoms with E-state index in [9.17, 15) is 46.2 Å². The van der Waals surface area contributed by atoms with Gasteiger partial charge in [-0.05, 0) is 25.1 Å². The van der Waals surface area contributed by atoms with Gasteiger partial charge in [0.1, 0.15) is 11.6 Å². The molecule has 0 radical (unpaired) electrons. The van der Waals surface area contributed by atoms with Crippen molar-refractivity contribution in [2.75, 3.05) is 11.1 Å². The summed E-state index contributed by atoms with van der Waals surface area (Å²) in [6.45, 7) is 0.834. The molecule has 13 heteroatoms. The number of amides is 1. The SMILES string of the molecule is CC(O)(CS(=O)c1ccc(F)cc1F)C(=O)Nc1ccc([N+](=O)[O-])cc1C(F)(F)F. The van der Waals surface area contributed by atoms with Crippen LogP contribution in [0.15, 0.2) is 41.3 Å². The van der Waals surface area contributed by atoms with Crippen molar-refractivity contribution in [3.05, 3.63) is 63.7 Å². The minimum Gasteiger partial charge on any atom is -0.379 e. The van der Waals surface area contributed by atoms with Crippen molar-refractivity contribution in [1.29, 1.82) is 0 Å². The topological polar surface area (TPSA) is 110 Å². The van der Waals surface area contributed by atoms with Gasteiger partial charge in [-0.15, -0.1) is 0 Å². The maximum Gasteiger partial charge on any atom is 0.418 e. The fraction of sp³-hybridized carbons (Fsp3) is 0.235. The van der Waals surface area contributed by atoms with E-state index in [2.05, 4.69) is 0 Å². The number of halogens is 5. The Labute approximate surface area is 168 Å². The number of benzene rings is 2. The summed E-state index contributed by atoms with van der Waals surface area (Å²) < 4.78 is 78.5. The van der Waals surface area contributed by atoms with Gasteiger partial charge in [-0.3, -0.25) is 19.1 Å². The minimum atomic E-state index is -5.07. The van der Waals surface area contributed by atoms with Gasteiger partial charge in [0.05, 0.1) is 37.6 Å². The van der Waals surface area contributed by atoms with Crippen molar-refractivity contribution in [3.63, 3.8) is 0 Å². The van der Waals surface area contributed by atoms with Crippen LogP contribution in [0.5, 0.6) is 0 Å². The van der Waals surface area contributed by atoms with Gasteiger partial charge in [0.2, 0.25) is 0 Å². The summed E-state index contributed by atoms with van der Waals surface area (Å²) in [6.07, 6.45) is -5.07. The standard InChI is InChI=1S/C17H13F5N2O5S/c1-16(26,8-30(29)14-5-2-9(18)6-12(14)19)15(25)23-13-4-3-10(24(27)28)7-11(13)17(20,21)22/h2-7,26H,8H2,1H3,(H,23,25). The highest BCUT2D eigenvalue weighted by atomic mass is 32.2. The predicted molar refractivity (Wildman–Crippen MR) is 95.0 cm³/mol. The van der Waals surface area contributed by atoms with Crippen LogP contribution in [0.25, 0.3) is 0 Å². The first kappa shape index (κ1) is 23.3. The zero-order valence-corrected chi connectivity index (χ0v) is 15.8. The molecule has 0 aromatic heterocycles. The lowest BCUT2D eigenvalue weighted by molar-refractivity contribution is -0.385. The van der Waals surface area contributed by atoms with E-state index in [-0.39, 0.29) is 6.07 Å². The van der Waals surface area contributed by atoms with Gasteiger partial charge in [-0.1, -0.05) is 0 Å². The summed E-state index contributed by atoms with van der Waals surface area (Å²) in [6, 6.07) is 3.63. The Bertz CT molecular complexity index is 1030. The summed E-state index contributed by atoms with van der Waals surface area (Å²) >= 11 is 0. The van der Waals surface area contributed by atoms with E-state index < -0.39 is 72.6 Å². The molecule has 2 unspecified atom stereocenters. The molecular weight excluding hydrogens is 439 g/mol. The molecular formula is C17H13F5N2O5S. The molecule has 2 aromatic rings. The van der Waals surface area contributed by atoms with Crippen molar-refractivity contribution < 1.29 is 41.0 Å². The lowest BCUT2D eigenvalue weighted by Gasteiger charge is -2.23. The lowest BCUT2D eigenvalue weighted by Crippen LogP contribution is -2.45. The van der Waals surface area contributed by atoms with E-state index in [1.807, 2.05) is 0 Å². The number of anilines is 1. The Morgan fingerprint density at radius 2 is 1.83 bits per heavy atom. The first-order chi connectivity index (χ1) is 13.7. The number of alkyl halides is 3. The first-order valence-electron chi connectivity index (χ1n) is 7.95. The van der Waals surface area contributed by atoms with Crippen LogP contribution in [-0.4, -0.2) is 31.5 Å². The van der Waals surface area contributed by atoms with Gasteiger partial charge in [0.15, 0.2) is 5.60 Å². The number of nitro groups is 1. The molecule has 2 aromatic carbocycles. The van der Waals surface area contributed by atoms with Gasteiger partial charge in [-0.2, -0.15) is 13.2 Å². The van der Waals surface area contributed by atoms with Crippen molar-refractivity contribution in [1.82, 2.24) is 0 Å². The zero-order valence-electron chi connectivity index (χ0n) is 15.0. The third-order valence-corrected chi connectivity index (χ3v) is 5.45. The van der Waals surface area contributed by atoms with E-state index >= 15 is 0 Å². The van der Waals surface area contributed by atoms with Gasteiger partial charge in [-0.25, -0.2) is 8.78 Å². The number of nitrogens with one attached hydrogen (secondary N) is 1. The maximum atomic E-state index is 13.7. The summed E-state index contributed by atoms with van der Waals surface area (Å²) in [5.41, 5.74) is -5.82. The molecule has 2 atom stereocenters. The number of rotatable bonds is 6. The third-order valence-electron chi connectivity index (χ3n) is 3.81. The van der Waals surface area contributed by atoms with Gasteiger partial charge < -0.3 is 10.4 Å². The van der Waals surface area contributed by atoms with Gasteiger partial charge in [0.25, 0.3) is 11.6 Å². The molecule has 0 saturated carbocycles. The van der Waals surface area contributed by atoms with Crippen LogP contribution in [0.2, 0.25) is 0 Å².